The number of aryl methyl sites for hydroxylation is 1. The van der Waals surface area contributed by atoms with E-state index >= 15 is 0 Å². The highest BCUT2D eigenvalue weighted by atomic mass is 32.2. The van der Waals surface area contributed by atoms with E-state index in [1.54, 1.807) is 19.2 Å². The molecule has 142 valence electrons. The molecule has 27 heavy (non-hydrogen) atoms. The first kappa shape index (κ1) is 19.4. The molecule has 6 heteroatoms. The van der Waals surface area contributed by atoms with Gasteiger partial charge in [-0.25, -0.2) is 13.1 Å². The van der Waals surface area contributed by atoms with E-state index in [0.717, 1.165) is 22.1 Å². The van der Waals surface area contributed by atoms with Crippen LogP contribution in [0.2, 0.25) is 0 Å². The number of hydrogen-bond acceptors (Lipinski definition) is 4. The van der Waals surface area contributed by atoms with Crippen LogP contribution in [-0.2, 0) is 16.4 Å². The SMILES string of the molecule is COc1ccc(CCS(=O)(=O)NC[C@H](O)c2cccc3ccccc23)cc1. The van der Waals surface area contributed by atoms with Gasteiger partial charge >= 0.3 is 0 Å². The number of methoxy groups -OCH3 is 1. The van der Waals surface area contributed by atoms with Gasteiger partial charge < -0.3 is 9.84 Å². The van der Waals surface area contributed by atoms with Gasteiger partial charge in [0.15, 0.2) is 0 Å². The number of aliphatic hydroxyl groups excluding tert-OH is 1. The van der Waals surface area contributed by atoms with Crippen LogP contribution in [0.3, 0.4) is 0 Å². The lowest BCUT2D eigenvalue weighted by atomic mass is 10.0. The summed E-state index contributed by atoms with van der Waals surface area (Å²) in [5.41, 5.74) is 1.63. The Morgan fingerprint density at radius 2 is 1.70 bits per heavy atom. The van der Waals surface area contributed by atoms with Crippen molar-refractivity contribution < 1.29 is 18.3 Å². The Morgan fingerprint density at radius 3 is 2.44 bits per heavy atom. The number of rotatable bonds is 8. The number of nitrogens with one attached hydrogen (secondary N) is 1. The summed E-state index contributed by atoms with van der Waals surface area (Å²) in [7, 11) is -1.91. The molecule has 3 aromatic carbocycles. The molecule has 0 aromatic heterocycles. The Morgan fingerprint density at radius 1 is 1.00 bits per heavy atom. The van der Waals surface area contributed by atoms with Crippen LogP contribution in [0.15, 0.2) is 66.7 Å². The Balaban J connectivity index is 1.60. The first-order valence-electron chi connectivity index (χ1n) is 8.74. The number of sulfonamides is 1. The van der Waals surface area contributed by atoms with E-state index in [4.69, 9.17) is 4.74 Å². The van der Waals surface area contributed by atoms with Gasteiger partial charge in [0.2, 0.25) is 10.0 Å². The molecule has 0 saturated carbocycles. The summed E-state index contributed by atoms with van der Waals surface area (Å²) in [4.78, 5) is 0. The summed E-state index contributed by atoms with van der Waals surface area (Å²) < 4.78 is 32.2. The van der Waals surface area contributed by atoms with E-state index < -0.39 is 16.1 Å². The summed E-state index contributed by atoms with van der Waals surface area (Å²) >= 11 is 0. The summed E-state index contributed by atoms with van der Waals surface area (Å²) in [6, 6.07) is 20.7. The fourth-order valence-electron chi connectivity index (χ4n) is 2.97. The van der Waals surface area contributed by atoms with Crippen molar-refractivity contribution in [1.82, 2.24) is 4.72 Å². The van der Waals surface area contributed by atoms with Gasteiger partial charge in [0.25, 0.3) is 0 Å². The van der Waals surface area contributed by atoms with Gasteiger partial charge in [-0.2, -0.15) is 0 Å². The molecule has 3 aromatic rings. The van der Waals surface area contributed by atoms with Crippen LogP contribution in [0, 0.1) is 0 Å². The van der Waals surface area contributed by atoms with Crippen LogP contribution in [0.25, 0.3) is 10.8 Å². The lowest BCUT2D eigenvalue weighted by Crippen LogP contribution is -2.31. The predicted molar refractivity (Wildman–Crippen MR) is 107 cm³/mol. The van der Waals surface area contributed by atoms with Crippen molar-refractivity contribution in [2.45, 2.75) is 12.5 Å². The van der Waals surface area contributed by atoms with Crippen molar-refractivity contribution in [1.29, 1.82) is 0 Å². The van der Waals surface area contributed by atoms with Crippen LogP contribution in [0.5, 0.6) is 5.75 Å². The minimum absolute atomic E-state index is 0.0401. The summed E-state index contributed by atoms with van der Waals surface area (Å²) in [6.45, 7) is -0.0566. The molecule has 0 bridgehead atoms. The monoisotopic (exact) mass is 385 g/mol. The van der Waals surface area contributed by atoms with Gasteiger partial charge in [-0.15, -0.1) is 0 Å². The fourth-order valence-corrected chi connectivity index (χ4v) is 4.03. The topological polar surface area (TPSA) is 75.6 Å². The second kappa shape index (κ2) is 8.52. The van der Waals surface area contributed by atoms with Gasteiger partial charge in [0, 0.05) is 6.54 Å². The third-order valence-electron chi connectivity index (χ3n) is 4.50. The van der Waals surface area contributed by atoms with Crippen molar-refractivity contribution >= 4 is 20.8 Å². The second-order valence-corrected chi connectivity index (χ2v) is 8.28. The molecule has 0 saturated heterocycles. The van der Waals surface area contributed by atoms with Gasteiger partial charge in [0.1, 0.15) is 5.75 Å². The Kier molecular flexibility index (Phi) is 6.11. The molecule has 0 fully saturated rings. The van der Waals surface area contributed by atoms with E-state index in [1.807, 2.05) is 54.6 Å². The predicted octanol–water partition coefficient (Wildman–Crippen LogP) is 3.04. The molecule has 2 N–H and O–H groups in total. The van der Waals surface area contributed by atoms with Gasteiger partial charge in [0.05, 0.1) is 19.0 Å². The molecular weight excluding hydrogens is 362 g/mol. The molecule has 0 aliphatic rings. The third kappa shape index (κ3) is 5.07. The average molecular weight is 385 g/mol. The molecule has 0 radical (unpaired) electrons. The molecule has 3 rings (SSSR count). The highest BCUT2D eigenvalue weighted by Gasteiger charge is 2.16. The molecule has 0 spiro atoms. The Hall–Kier alpha value is -2.41. The normalized spacial score (nSPS) is 12.8. The summed E-state index contributed by atoms with van der Waals surface area (Å²) in [6.07, 6.45) is -0.518. The van der Waals surface area contributed by atoms with Crippen molar-refractivity contribution in [3.8, 4) is 5.75 Å². The first-order chi connectivity index (χ1) is 13.0. The largest absolute Gasteiger partial charge is 0.497 e. The van der Waals surface area contributed by atoms with Crippen LogP contribution in [0.1, 0.15) is 17.2 Å². The summed E-state index contributed by atoms with van der Waals surface area (Å²) in [5, 5.41) is 12.4. The Labute approximate surface area is 159 Å². The quantitative estimate of drug-likeness (QED) is 0.625. The standard InChI is InChI=1S/C21H23NO4S/c1-26-18-11-9-16(10-12-18)13-14-27(24,25)22-15-21(23)20-8-4-6-17-5-2-3-7-19(17)20/h2-12,21-23H,13-15H2,1H3/t21-/m0/s1. The van der Waals surface area contributed by atoms with Crippen molar-refractivity contribution in [3.05, 3.63) is 77.9 Å². The molecule has 5 nitrogen and oxygen atoms in total. The van der Waals surface area contributed by atoms with Crippen LogP contribution < -0.4 is 9.46 Å². The van der Waals surface area contributed by atoms with Gasteiger partial charge in [-0.3, -0.25) is 0 Å². The van der Waals surface area contributed by atoms with Crippen molar-refractivity contribution in [2.75, 3.05) is 19.4 Å². The zero-order chi connectivity index (χ0) is 19.3. The van der Waals surface area contributed by atoms with Crippen molar-refractivity contribution in [3.63, 3.8) is 0 Å². The van der Waals surface area contributed by atoms with Gasteiger partial charge in [-0.05, 0) is 40.5 Å². The smallest absolute Gasteiger partial charge is 0.212 e. The van der Waals surface area contributed by atoms with Crippen molar-refractivity contribution in [2.24, 2.45) is 0 Å². The van der Waals surface area contributed by atoms with Crippen LogP contribution >= 0.6 is 0 Å². The van der Waals surface area contributed by atoms with Crippen LogP contribution in [0.4, 0.5) is 0 Å². The van der Waals surface area contributed by atoms with Crippen LogP contribution in [-0.4, -0.2) is 32.9 Å². The van der Waals surface area contributed by atoms with Gasteiger partial charge in [-0.1, -0.05) is 54.6 Å². The maximum absolute atomic E-state index is 12.3. The number of aliphatic hydroxyl groups is 1. The fraction of sp³-hybridized carbons (Fsp3) is 0.238. The lowest BCUT2D eigenvalue weighted by molar-refractivity contribution is 0.183. The maximum atomic E-state index is 12.3. The minimum atomic E-state index is -3.49. The van der Waals surface area contributed by atoms with E-state index in [1.165, 1.54) is 0 Å². The molecule has 1 atom stereocenters. The Bertz CT molecular complexity index is 995. The van der Waals surface area contributed by atoms with E-state index in [0.29, 0.717) is 12.0 Å². The molecule has 0 heterocycles. The minimum Gasteiger partial charge on any atom is -0.497 e. The molecular formula is C21H23NO4S. The summed E-state index contributed by atoms with van der Waals surface area (Å²) in [5.74, 6) is 0.694. The first-order valence-corrected chi connectivity index (χ1v) is 10.4. The molecule has 0 aliphatic heterocycles. The number of hydrogen-bond donors (Lipinski definition) is 2. The highest BCUT2D eigenvalue weighted by molar-refractivity contribution is 7.89. The van der Waals surface area contributed by atoms with E-state index in [9.17, 15) is 13.5 Å². The number of fused-ring (bicyclic) bond motifs is 1. The molecule has 0 aliphatic carbocycles. The second-order valence-electron chi connectivity index (χ2n) is 6.35. The lowest BCUT2D eigenvalue weighted by Gasteiger charge is -2.15. The molecule has 0 unspecified atom stereocenters. The van der Waals surface area contributed by atoms with E-state index in [-0.39, 0.29) is 12.3 Å². The highest BCUT2D eigenvalue weighted by Crippen LogP contribution is 2.24. The number of benzene rings is 3. The zero-order valence-electron chi connectivity index (χ0n) is 15.1. The maximum Gasteiger partial charge on any atom is 0.212 e. The average Bonchev–Trinajstić information content (AvgIpc) is 2.70. The molecule has 0 amide bonds. The number of ether oxygens (including phenoxy) is 1. The van der Waals surface area contributed by atoms with E-state index in [2.05, 4.69) is 4.72 Å². The third-order valence-corrected chi connectivity index (χ3v) is 5.85. The zero-order valence-corrected chi connectivity index (χ0v) is 15.9.